The molecule has 4 rings (SSSR count). The standard InChI is InChI=1S/C26H25ClN2O2/c1-18-10-12-19(13-11-18)16-28-25(31)26(2)15-21-7-3-4-9-23(21)24(30)29(26)17-20-6-5-8-22(27)14-20/h3-14H,15-17H2,1-2H3,(H,28,31). The molecule has 2 amide bonds. The summed E-state index contributed by atoms with van der Waals surface area (Å²) in [4.78, 5) is 28.6. The molecule has 31 heavy (non-hydrogen) atoms. The van der Waals surface area contributed by atoms with Crippen molar-refractivity contribution in [1.29, 1.82) is 0 Å². The van der Waals surface area contributed by atoms with Crippen molar-refractivity contribution >= 4 is 23.4 Å². The molecule has 1 aliphatic rings. The Bertz CT molecular complexity index is 1130. The van der Waals surface area contributed by atoms with Gasteiger partial charge < -0.3 is 10.2 Å². The van der Waals surface area contributed by atoms with Crippen LogP contribution in [0.15, 0.2) is 72.8 Å². The van der Waals surface area contributed by atoms with E-state index in [9.17, 15) is 9.59 Å². The first-order valence-corrected chi connectivity index (χ1v) is 10.7. The molecule has 1 atom stereocenters. The minimum Gasteiger partial charge on any atom is -0.350 e. The Morgan fingerprint density at radius 3 is 2.52 bits per heavy atom. The minimum absolute atomic E-state index is 0.144. The number of carbonyl (C=O) groups is 2. The van der Waals surface area contributed by atoms with Crippen LogP contribution in [0.25, 0.3) is 0 Å². The fourth-order valence-corrected chi connectivity index (χ4v) is 4.28. The maximum Gasteiger partial charge on any atom is 0.255 e. The Morgan fingerprint density at radius 2 is 1.77 bits per heavy atom. The molecule has 3 aromatic carbocycles. The number of hydrogen-bond donors (Lipinski definition) is 1. The zero-order valence-corrected chi connectivity index (χ0v) is 18.4. The van der Waals surface area contributed by atoms with Crippen LogP contribution < -0.4 is 5.32 Å². The molecule has 0 aliphatic carbocycles. The van der Waals surface area contributed by atoms with Gasteiger partial charge in [0.25, 0.3) is 5.91 Å². The van der Waals surface area contributed by atoms with Crippen molar-refractivity contribution in [2.45, 2.75) is 38.9 Å². The molecule has 0 aromatic heterocycles. The van der Waals surface area contributed by atoms with Crippen molar-refractivity contribution in [2.75, 3.05) is 0 Å². The number of nitrogens with zero attached hydrogens (tertiary/aromatic N) is 1. The summed E-state index contributed by atoms with van der Waals surface area (Å²) < 4.78 is 0. The van der Waals surface area contributed by atoms with Gasteiger partial charge in [0.2, 0.25) is 5.91 Å². The number of nitrogens with one attached hydrogen (secondary N) is 1. The van der Waals surface area contributed by atoms with E-state index in [1.807, 2.05) is 80.6 Å². The molecule has 0 fully saturated rings. The van der Waals surface area contributed by atoms with Crippen LogP contribution in [-0.4, -0.2) is 22.3 Å². The highest BCUT2D eigenvalue weighted by Gasteiger charge is 2.46. The predicted molar refractivity (Wildman–Crippen MR) is 123 cm³/mol. The smallest absolute Gasteiger partial charge is 0.255 e. The third kappa shape index (κ3) is 4.35. The minimum atomic E-state index is -1.02. The highest BCUT2D eigenvalue weighted by Crippen LogP contribution is 2.33. The summed E-state index contributed by atoms with van der Waals surface area (Å²) in [7, 11) is 0. The van der Waals surface area contributed by atoms with Gasteiger partial charge in [-0.05, 0) is 48.7 Å². The van der Waals surface area contributed by atoms with Gasteiger partial charge >= 0.3 is 0 Å². The first-order valence-electron chi connectivity index (χ1n) is 10.3. The van der Waals surface area contributed by atoms with Gasteiger partial charge in [-0.3, -0.25) is 9.59 Å². The lowest BCUT2D eigenvalue weighted by Crippen LogP contribution is -2.62. The topological polar surface area (TPSA) is 49.4 Å². The van der Waals surface area contributed by atoms with E-state index in [4.69, 9.17) is 11.6 Å². The number of halogens is 1. The van der Waals surface area contributed by atoms with Gasteiger partial charge in [-0.25, -0.2) is 0 Å². The molecule has 0 saturated carbocycles. The van der Waals surface area contributed by atoms with Crippen molar-refractivity contribution < 1.29 is 9.59 Å². The molecule has 3 aromatic rings. The monoisotopic (exact) mass is 432 g/mol. The number of fused-ring (bicyclic) bond motifs is 1. The molecule has 0 spiro atoms. The number of carbonyl (C=O) groups excluding carboxylic acids is 2. The lowest BCUT2D eigenvalue weighted by molar-refractivity contribution is -0.132. The van der Waals surface area contributed by atoms with Crippen LogP contribution in [0.1, 0.15) is 39.5 Å². The first-order chi connectivity index (χ1) is 14.9. The van der Waals surface area contributed by atoms with Gasteiger partial charge in [0.15, 0.2) is 0 Å². The van der Waals surface area contributed by atoms with Crippen molar-refractivity contribution in [2.24, 2.45) is 0 Å². The Labute approximate surface area is 187 Å². The maximum atomic E-state index is 13.5. The van der Waals surface area contributed by atoms with Gasteiger partial charge in [0.05, 0.1) is 0 Å². The van der Waals surface area contributed by atoms with Crippen LogP contribution in [0.4, 0.5) is 0 Å². The second kappa shape index (κ2) is 8.56. The molecule has 0 bridgehead atoms. The second-order valence-corrected chi connectivity index (χ2v) is 8.73. The van der Waals surface area contributed by atoms with E-state index >= 15 is 0 Å². The Balaban J connectivity index is 1.64. The number of hydrogen-bond acceptors (Lipinski definition) is 2. The van der Waals surface area contributed by atoms with E-state index < -0.39 is 5.54 Å². The maximum absolute atomic E-state index is 13.5. The SMILES string of the molecule is Cc1ccc(CNC(=O)C2(C)Cc3ccccc3C(=O)N2Cc2cccc(Cl)c2)cc1. The summed E-state index contributed by atoms with van der Waals surface area (Å²) in [6.07, 6.45) is 0.454. The summed E-state index contributed by atoms with van der Waals surface area (Å²) in [5.41, 5.74) is 3.60. The fourth-order valence-electron chi connectivity index (χ4n) is 4.06. The predicted octanol–water partition coefficient (Wildman–Crippen LogP) is 4.92. The number of benzene rings is 3. The van der Waals surface area contributed by atoms with E-state index in [0.717, 1.165) is 16.7 Å². The van der Waals surface area contributed by atoms with Crippen molar-refractivity contribution in [3.63, 3.8) is 0 Å². The molecule has 0 saturated heterocycles. The lowest BCUT2D eigenvalue weighted by Gasteiger charge is -2.44. The summed E-state index contributed by atoms with van der Waals surface area (Å²) in [5, 5.41) is 3.65. The molecule has 1 heterocycles. The Morgan fingerprint density at radius 1 is 1.03 bits per heavy atom. The van der Waals surface area contributed by atoms with E-state index in [0.29, 0.717) is 30.1 Å². The first kappa shape index (κ1) is 21.1. The highest BCUT2D eigenvalue weighted by molar-refractivity contribution is 6.30. The van der Waals surface area contributed by atoms with Crippen LogP contribution in [0, 0.1) is 6.92 Å². The van der Waals surface area contributed by atoms with E-state index in [1.165, 1.54) is 5.56 Å². The van der Waals surface area contributed by atoms with Gasteiger partial charge in [0, 0.05) is 30.1 Å². The largest absolute Gasteiger partial charge is 0.350 e. The zero-order chi connectivity index (χ0) is 22.0. The summed E-state index contributed by atoms with van der Waals surface area (Å²) in [6.45, 7) is 4.59. The van der Waals surface area contributed by atoms with E-state index in [-0.39, 0.29) is 11.8 Å². The third-order valence-corrected chi connectivity index (χ3v) is 6.15. The molecule has 1 unspecified atom stereocenters. The summed E-state index contributed by atoms with van der Waals surface area (Å²) in [5.74, 6) is -0.312. The van der Waals surface area contributed by atoms with E-state index in [2.05, 4.69) is 5.32 Å². The van der Waals surface area contributed by atoms with Crippen LogP contribution in [0.5, 0.6) is 0 Å². The van der Waals surface area contributed by atoms with Crippen LogP contribution in [-0.2, 0) is 24.3 Å². The van der Waals surface area contributed by atoms with Gasteiger partial charge in [-0.15, -0.1) is 0 Å². The summed E-state index contributed by atoms with van der Waals surface area (Å²) in [6, 6.07) is 23.0. The van der Waals surface area contributed by atoms with Gasteiger partial charge in [-0.1, -0.05) is 71.8 Å². The van der Waals surface area contributed by atoms with Gasteiger partial charge in [0.1, 0.15) is 5.54 Å². The van der Waals surface area contributed by atoms with Crippen molar-refractivity contribution in [3.05, 3.63) is 106 Å². The lowest BCUT2D eigenvalue weighted by atomic mass is 9.82. The Kier molecular flexibility index (Phi) is 5.84. The molecular formula is C26H25ClN2O2. The molecule has 1 N–H and O–H groups in total. The normalized spacial score (nSPS) is 17.9. The molecule has 1 aliphatic heterocycles. The Hall–Kier alpha value is -3.11. The summed E-state index contributed by atoms with van der Waals surface area (Å²) >= 11 is 6.16. The fraction of sp³-hybridized carbons (Fsp3) is 0.231. The van der Waals surface area contributed by atoms with Crippen LogP contribution in [0.3, 0.4) is 0 Å². The van der Waals surface area contributed by atoms with Crippen LogP contribution >= 0.6 is 11.6 Å². The molecule has 158 valence electrons. The van der Waals surface area contributed by atoms with Crippen molar-refractivity contribution in [3.8, 4) is 0 Å². The zero-order valence-electron chi connectivity index (χ0n) is 17.7. The average molecular weight is 433 g/mol. The van der Waals surface area contributed by atoms with Gasteiger partial charge in [-0.2, -0.15) is 0 Å². The molecular weight excluding hydrogens is 408 g/mol. The molecule has 5 heteroatoms. The van der Waals surface area contributed by atoms with E-state index in [1.54, 1.807) is 11.0 Å². The highest BCUT2D eigenvalue weighted by atomic mass is 35.5. The number of amides is 2. The average Bonchev–Trinajstić information content (AvgIpc) is 2.76. The quantitative estimate of drug-likeness (QED) is 0.622. The number of rotatable bonds is 5. The second-order valence-electron chi connectivity index (χ2n) is 8.30. The van der Waals surface area contributed by atoms with Crippen LogP contribution in [0.2, 0.25) is 5.02 Å². The third-order valence-electron chi connectivity index (χ3n) is 5.92. The van der Waals surface area contributed by atoms with Crippen molar-refractivity contribution in [1.82, 2.24) is 10.2 Å². The molecule has 4 nitrogen and oxygen atoms in total. The number of aryl methyl sites for hydroxylation is 1. The molecule has 0 radical (unpaired) electrons.